The van der Waals surface area contributed by atoms with E-state index in [4.69, 9.17) is 9.47 Å². The van der Waals surface area contributed by atoms with Gasteiger partial charge < -0.3 is 20.1 Å². The van der Waals surface area contributed by atoms with Gasteiger partial charge in [0.2, 0.25) is 0 Å². The van der Waals surface area contributed by atoms with Crippen LogP contribution in [0.5, 0.6) is 11.5 Å². The van der Waals surface area contributed by atoms with Crippen LogP contribution in [0.1, 0.15) is 43.0 Å². The number of hydrogen-bond acceptors (Lipinski definition) is 4. The van der Waals surface area contributed by atoms with Crippen LogP contribution in [0.15, 0.2) is 170 Å². The number of ether oxygens (including phenoxy) is 2. The normalized spacial score (nSPS) is 11.3. The third kappa shape index (κ3) is 8.27. The van der Waals surface area contributed by atoms with Gasteiger partial charge in [-0.3, -0.25) is 9.59 Å². The Hall–Kier alpha value is -7.70. The van der Waals surface area contributed by atoms with Crippen molar-refractivity contribution in [2.24, 2.45) is 0 Å². The van der Waals surface area contributed by atoms with Crippen molar-refractivity contribution in [1.29, 1.82) is 0 Å². The fraction of sp³-hybridized carbons (Fsp3) is 0.0385. The number of benzene rings is 8. The molecule has 58 heavy (non-hydrogen) atoms. The molecule has 0 bridgehead atoms. The quantitative estimate of drug-likeness (QED) is 0.129. The Morgan fingerprint density at radius 1 is 0.414 bits per heavy atom. The van der Waals surface area contributed by atoms with Gasteiger partial charge in [0.1, 0.15) is 11.5 Å². The Balaban J connectivity index is 1.09. The van der Waals surface area contributed by atoms with E-state index >= 15 is 0 Å². The zero-order valence-electron chi connectivity index (χ0n) is 32.1. The highest BCUT2D eigenvalue weighted by Crippen LogP contribution is 2.40. The van der Waals surface area contributed by atoms with Crippen LogP contribution in [0.3, 0.4) is 0 Å². The first kappa shape index (κ1) is 37.2. The summed E-state index contributed by atoms with van der Waals surface area (Å²) in [6, 6.07) is 55.5. The molecule has 0 spiro atoms. The maximum Gasteiger partial charge on any atom is 0.255 e. The van der Waals surface area contributed by atoms with Crippen LogP contribution in [0.25, 0.3) is 57.0 Å². The molecule has 2 amide bonds. The van der Waals surface area contributed by atoms with E-state index in [1.54, 1.807) is 62.8 Å². The van der Waals surface area contributed by atoms with Gasteiger partial charge in [0.25, 0.3) is 11.8 Å². The molecule has 0 aliphatic rings. The number of nitrogens with one attached hydrogen (secondary N) is 2. The lowest BCUT2D eigenvalue weighted by molar-refractivity contribution is 0.101. The average Bonchev–Trinajstić information content (AvgIpc) is 3.28. The number of carbonyl (C=O) groups excluding carboxylic acids is 2. The summed E-state index contributed by atoms with van der Waals surface area (Å²) in [5.41, 5.74) is 9.00. The molecular weight excluding hydrogens is 717 g/mol. The van der Waals surface area contributed by atoms with Crippen LogP contribution in [-0.2, 0) is 0 Å². The molecule has 0 aromatic heterocycles. The predicted octanol–water partition coefficient (Wildman–Crippen LogP) is 12.5. The Labute approximate surface area is 337 Å². The minimum absolute atomic E-state index is 0.182. The molecule has 0 heterocycles. The lowest BCUT2D eigenvalue weighted by Crippen LogP contribution is -2.11. The number of amides is 2. The number of hydrogen-bond donors (Lipinski definition) is 2. The second kappa shape index (κ2) is 17.0. The Kier molecular flexibility index (Phi) is 10.9. The predicted molar refractivity (Wildman–Crippen MR) is 240 cm³/mol. The van der Waals surface area contributed by atoms with Crippen molar-refractivity contribution in [3.8, 4) is 22.6 Å². The van der Waals surface area contributed by atoms with Crippen molar-refractivity contribution in [1.82, 2.24) is 0 Å². The summed E-state index contributed by atoms with van der Waals surface area (Å²) in [6.07, 6.45) is 8.55. The fourth-order valence-electron chi connectivity index (χ4n) is 7.03. The van der Waals surface area contributed by atoms with Crippen LogP contribution in [0.2, 0.25) is 0 Å². The molecule has 8 aromatic rings. The van der Waals surface area contributed by atoms with Crippen molar-refractivity contribution in [3.05, 3.63) is 203 Å². The zero-order chi connectivity index (χ0) is 39.8. The number of carbonyl (C=O) groups is 2. The van der Waals surface area contributed by atoms with E-state index < -0.39 is 0 Å². The number of methoxy groups -OCH3 is 2. The van der Waals surface area contributed by atoms with E-state index in [0.29, 0.717) is 34.0 Å². The molecule has 0 saturated heterocycles. The van der Waals surface area contributed by atoms with Gasteiger partial charge in [-0.15, -0.1) is 0 Å². The van der Waals surface area contributed by atoms with Gasteiger partial charge in [-0.25, -0.2) is 0 Å². The lowest BCUT2D eigenvalue weighted by atomic mass is 9.86. The second-order valence-corrected chi connectivity index (χ2v) is 13.8. The number of fused-ring (bicyclic) bond motifs is 2. The number of anilines is 2. The van der Waals surface area contributed by atoms with E-state index in [9.17, 15) is 9.59 Å². The molecule has 8 rings (SSSR count). The second-order valence-electron chi connectivity index (χ2n) is 13.8. The van der Waals surface area contributed by atoms with E-state index in [1.807, 2.05) is 48.5 Å². The van der Waals surface area contributed by atoms with E-state index in [0.717, 1.165) is 54.9 Å². The maximum absolute atomic E-state index is 12.9. The zero-order valence-corrected chi connectivity index (χ0v) is 32.1. The van der Waals surface area contributed by atoms with Crippen LogP contribution in [0, 0.1) is 0 Å². The molecular formula is C52H40N2O4. The van der Waals surface area contributed by atoms with Crippen molar-refractivity contribution < 1.29 is 19.1 Å². The first-order valence-electron chi connectivity index (χ1n) is 19.0. The maximum atomic E-state index is 12.9. The van der Waals surface area contributed by atoms with Crippen molar-refractivity contribution >= 4 is 69.0 Å². The summed E-state index contributed by atoms with van der Waals surface area (Å²) in [6.45, 7) is 0. The Morgan fingerprint density at radius 2 is 0.793 bits per heavy atom. The Morgan fingerprint density at radius 3 is 1.17 bits per heavy atom. The van der Waals surface area contributed by atoms with Crippen LogP contribution in [0.4, 0.5) is 11.4 Å². The highest BCUT2D eigenvalue weighted by atomic mass is 16.5. The van der Waals surface area contributed by atoms with Crippen LogP contribution >= 0.6 is 0 Å². The third-order valence-electron chi connectivity index (χ3n) is 10.1. The van der Waals surface area contributed by atoms with Gasteiger partial charge in [0.05, 0.1) is 14.2 Å². The summed E-state index contributed by atoms with van der Waals surface area (Å²) in [4.78, 5) is 25.7. The molecule has 282 valence electrons. The highest BCUT2D eigenvalue weighted by Gasteiger charge is 2.16. The first-order valence-corrected chi connectivity index (χ1v) is 19.0. The molecule has 6 heteroatoms. The molecule has 2 N–H and O–H groups in total. The minimum Gasteiger partial charge on any atom is -0.497 e. The fourth-order valence-corrected chi connectivity index (χ4v) is 7.03. The van der Waals surface area contributed by atoms with Crippen molar-refractivity contribution in [2.45, 2.75) is 0 Å². The van der Waals surface area contributed by atoms with Gasteiger partial charge in [0.15, 0.2) is 0 Å². The van der Waals surface area contributed by atoms with E-state index in [-0.39, 0.29) is 11.8 Å². The highest BCUT2D eigenvalue weighted by molar-refractivity contribution is 6.11. The Bertz CT molecular complexity index is 2610. The van der Waals surface area contributed by atoms with Crippen molar-refractivity contribution in [3.63, 3.8) is 0 Å². The molecule has 6 nitrogen and oxygen atoms in total. The average molecular weight is 757 g/mol. The first-order chi connectivity index (χ1) is 28.4. The summed E-state index contributed by atoms with van der Waals surface area (Å²) >= 11 is 0. The smallest absolute Gasteiger partial charge is 0.255 e. The topological polar surface area (TPSA) is 76.7 Å². The van der Waals surface area contributed by atoms with Gasteiger partial charge in [-0.05, 0) is 128 Å². The largest absolute Gasteiger partial charge is 0.497 e. The third-order valence-corrected chi connectivity index (χ3v) is 10.1. The van der Waals surface area contributed by atoms with Gasteiger partial charge in [-0.2, -0.15) is 0 Å². The molecule has 0 atom stereocenters. The number of rotatable bonds is 11. The van der Waals surface area contributed by atoms with Crippen LogP contribution in [-0.4, -0.2) is 26.0 Å². The summed E-state index contributed by atoms with van der Waals surface area (Å²) in [5.74, 6) is 1.04. The van der Waals surface area contributed by atoms with E-state index in [1.165, 1.54) is 0 Å². The lowest BCUT2D eigenvalue weighted by Gasteiger charge is -2.17. The standard InChI is InChI=1S/C52H40N2O4/c1-57-45-31-23-41(24-32-45)51(55)53-43-27-13-35(14-28-43)11-17-39-21-19-37-7-3-5-9-47(37)49(39)50-40(22-20-38-8-4-6-10-48(38)50)18-12-36-15-29-44(30-16-36)54-52(56)42-25-33-46(58-2)34-26-42/h3-34H,1-2H3,(H,53,55)(H,54,56)/b17-11+,18-12+. The van der Waals surface area contributed by atoms with Crippen molar-refractivity contribution in [2.75, 3.05) is 24.9 Å². The molecule has 8 aromatic carbocycles. The molecule has 0 saturated carbocycles. The molecule has 0 aliphatic heterocycles. The molecule has 0 fully saturated rings. The van der Waals surface area contributed by atoms with Crippen LogP contribution < -0.4 is 20.1 Å². The molecule has 0 unspecified atom stereocenters. The summed E-state index contributed by atoms with van der Waals surface area (Å²) in [5, 5.41) is 10.6. The SMILES string of the molecule is COc1ccc(C(=O)Nc2ccc(/C=C/c3ccc4ccccc4c3-c3c(/C=C/c4ccc(NC(=O)c5ccc(OC)cc5)cc4)ccc4ccccc34)cc2)cc1. The van der Waals surface area contributed by atoms with Gasteiger partial charge >= 0.3 is 0 Å². The minimum atomic E-state index is -0.182. The molecule has 0 radical (unpaired) electrons. The summed E-state index contributed by atoms with van der Waals surface area (Å²) in [7, 11) is 3.20. The summed E-state index contributed by atoms with van der Waals surface area (Å²) < 4.78 is 10.4. The van der Waals surface area contributed by atoms with Gasteiger partial charge in [0, 0.05) is 22.5 Å². The van der Waals surface area contributed by atoms with E-state index in [2.05, 4.69) is 108 Å². The molecule has 0 aliphatic carbocycles. The van der Waals surface area contributed by atoms with Gasteiger partial charge in [-0.1, -0.05) is 121 Å². The monoisotopic (exact) mass is 756 g/mol.